The summed E-state index contributed by atoms with van der Waals surface area (Å²) in [7, 11) is 0. The van der Waals surface area contributed by atoms with Gasteiger partial charge in [0.05, 0.1) is 11.1 Å². The molecule has 96 valence electrons. The zero-order chi connectivity index (χ0) is 13.4. The van der Waals surface area contributed by atoms with E-state index in [1.807, 2.05) is 26.0 Å². The SMILES string of the molecule is Cc1nc(Nc2ccccc2O)c2cc(C)sc2n1. The first-order valence-corrected chi connectivity index (χ1v) is 6.75. The van der Waals surface area contributed by atoms with E-state index in [9.17, 15) is 5.11 Å². The van der Waals surface area contributed by atoms with Crippen molar-refractivity contribution in [2.75, 3.05) is 5.32 Å². The Morgan fingerprint density at radius 3 is 2.74 bits per heavy atom. The lowest BCUT2D eigenvalue weighted by Crippen LogP contribution is -1.97. The summed E-state index contributed by atoms with van der Waals surface area (Å²) in [5, 5.41) is 14.0. The molecule has 0 saturated carbocycles. The van der Waals surface area contributed by atoms with Gasteiger partial charge < -0.3 is 10.4 Å². The van der Waals surface area contributed by atoms with Crippen molar-refractivity contribution < 1.29 is 5.11 Å². The number of anilines is 2. The Labute approximate surface area is 114 Å². The number of phenolic OH excluding ortho intramolecular Hbond substituents is 1. The molecule has 0 atom stereocenters. The van der Waals surface area contributed by atoms with Gasteiger partial charge in [0, 0.05) is 4.88 Å². The maximum Gasteiger partial charge on any atom is 0.143 e. The average molecular weight is 271 g/mol. The summed E-state index contributed by atoms with van der Waals surface area (Å²) in [5.41, 5.74) is 0.644. The van der Waals surface area contributed by atoms with Crippen LogP contribution in [0, 0.1) is 13.8 Å². The van der Waals surface area contributed by atoms with Crippen molar-refractivity contribution in [2.45, 2.75) is 13.8 Å². The summed E-state index contributed by atoms with van der Waals surface area (Å²) in [5.74, 6) is 1.65. The molecule has 3 aromatic rings. The summed E-state index contributed by atoms with van der Waals surface area (Å²) in [4.78, 5) is 11.0. The van der Waals surface area contributed by atoms with Crippen molar-refractivity contribution in [2.24, 2.45) is 0 Å². The highest BCUT2D eigenvalue weighted by Gasteiger charge is 2.10. The summed E-state index contributed by atoms with van der Waals surface area (Å²) in [6.45, 7) is 3.91. The van der Waals surface area contributed by atoms with Gasteiger partial charge in [-0.3, -0.25) is 0 Å². The second kappa shape index (κ2) is 4.51. The zero-order valence-corrected chi connectivity index (χ0v) is 11.5. The Morgan fingerprint density at radius 2 is 1.95 bits per heavy atom. The third-order valence-corrected chi connectivity index (χ3v) is 3.73. The molecule has 0 aliphatic carbocycles. The quantitative estimate of drug-likeness (QED) is 0.697. The van der Waals surface area contributed by atoms with Gasteiger partial charge in [0.1, 0.15) is 22.2 Å². The van der Waals surface area contributed by atoms with E-state index in [4.69, 9.17) is 0 Å². The van der Waals surface area contributed by atoms with Crippen molar-refractivity contribution in [3.8, 4) is 5.75 Å². The van der Waals surface area contributed by atoms with Crippen LogP contribution in [0.5, 0.6) is 5.75 Å². The molecule has 0 bridgehead atoms. The second-order valence-electron chi connectivity index (χ2n) is 4.34. The van der Waals surface area contributed by atoms with E-state index in [0.29, 0.717) is 11.5 Å². The van der Waals surface area contributed by atoms with Gasteiger partial charge in [-0.05, 0) is 32.0 Å². The third kappa shape index (κ3) is 2.24. The molecule has 0 aliphatic heterocycles. The summed E-state index contributed by atoms with van der Waals surface area (Å²) < 4.78 is 0. The minimum atomic E-state index is 0.207. The van der Waals surface area contributed by atoms with Crippen molar-refractivity contribution in [3.05, 3.63) is 41.0 Å². The van der Waals surface area contributed by atoms with Crippen LogP contribution in [0.4, 0.5) is 11.5 Å². The molecule has 5 heteroatoms. The maximum absolute atomic E-state index is 9.82. The van der Waals surface area contributed by atoms with E-state index < -0.39 is 0 Å². The van der Waals surface area contributed by atoms with Crippen molar-refractivity contribution in [1.29, 1.82) is 0 Å². The first-order valence-electron chi connectivity index (χ1n) is 5.93. The highest BCUT2D eigenvalue weighted by molar-refractivity contribution is 7.18. The molecule has 0 amide bonds. The Bertz CT molecular complexity index is 752. The van der Waals surface area contributed by atoms with Crippen LogP contribution in [-0.4, -0.2) is 15.1 Å². The molecule has 2 aromatic heterocycles. The second-order valence-corrected chi connectivity index (χ2v) is 5.57. The molecule has 0 radical (unpaired) electrons. The first kappa shape index (κ1) is 11.9. The zero-order valence-electron chi connectivity index (χ0n) is 10.6. The lowest BCUT2D eigenvalue weighted by Gasteiger charge is -2.08. The van der Waals surface area contributed by atoms with E-state index in [1.165, 1.54) is 4.88 Å². The van der Waals surface area contributed by atoms with Crippen LogP contribution < -0.4 is 5.32 Å². The van der Waals surface area contributed by atoms with Crippen LogP contribution in [0.1, 0.15) is 10.7 Å². The Balaban J connectivity index is 2.12. The fraction of sp³-hybridized carbons (Fsp3) is 0.143. The fourth-order valence-corrected chi connectivity index (χ4v) is 2.88. The standard InChI is InChI=1S/C14H13N3OS/c1-8-7-10-13(15-9(2)16-14(10)19-8)17-11-5-3-4-6-12(11)18/h3-7,18H,1-2H3,(H,15,16,17). The molecule has 0 saturated heterocycles. The Kier molecular flexibility index (Phi) is 2.83. The lowest BCUT2D eigenvalue weighted by atomic mass is 10.2. The average Bonchev–Trinajstić information content (AvgIpc) is 2.72. The highest BCUT2D eigenvalue weighted by Crippen LogP contribution is 2.32. The monoisotopic (exact) mass is 271 g/mol. The number of phenols is 1. The molecular formula is C14H13N3OS. The summed E-state index contributed by atoms with van der Waals surface area (Å²) in [6.07, 6.45) is 0. The molecule has 0 unspecified atom stereocenters. The van der Waals surface area contributed by atoms with Crippen LogP contribution in [0.25, 0.3) is 10.2 Å². The number of nitrogens with one attached hydrogen (secondary N) is 1. The fourth-order valence-electron chi connectivity index (χ4n) is 1.95. The molecule has 19 heavy (non-hydrogen) atoms. The van der Waals surface area contributed by atoms with Crippen LogP contribution in [-0.2, 0) is 0 Å². The van der Waals surface area contributed by atoms with Gasteiger partial charge in [-0.25, -0.2) is 9.97 Å². The predicted octanol–water partition coefficient (Wildman–Crippen LogP) is 3.76. The van der Waals surface area contributed by atoms with Crippen molar-refractivity contribution in [1.82, 2.24) is 9.97 Å². The molecule has 2 N–H and O–H groups in total. The maximum atomic E-state index is 9.82. The minimum Gasteiger partial charge on any atom is -0.506 e. The third-order valence-electron chi connectivity index (χ3n) is 2.78. The predicted molar refractivity (Wildman–Crippen MR) is 78.3 cm³/mol. The molecule has 0 fully saturated rings. The van der Waals surface area contributed by atoms with Gasteiger partial charge in [0.15, 0.2) is 0 Å². The molecule has 0 spiro atoms. The normalized spacial score (nSPS) is 10.8. The Hall–Kier alpha value is -2.14. The number of hydrogen-bond donors (Lipinski definition) is 2. The van der Waals surface area contributed by atoms with Gasteiger partial charge >= 0.3 is 0 Å². The van der Waals surface area contributed by atoms with E-state index in [-0.39, 0.29) is 5.75 Å². The lowest BCUT2D eigenvalue weighted by molar-refractivity contribution is 0.477. The number of fused-ring (bicyclic) bond motifs is 1. The number of aryl methyl sites for hydroxylation is 2. The number of rotatable bonds is 2. The molecule has 0 aliphatic rings. The number of para-hydroxylation sites is 2. The van der Waals surface area contributed by atoms with Gasteiger partial charge in [0.25, 0.3) is 0 Å². The molecular weight excluding hydrogens is 258 g/mol. The van der Waals surface area contributed by atoms with Crippen LogP contribution >= 0.6 is 11.3 Å². The van der Waals surface area contributed by atoms with Gasteiger partial charge in [0.2, 0.25) is 0 Å². The smallest absolute Gasteiger partial charge is 0.143 e. The summed E-state index contributed by atoms with van der Waals surface area (Å²) in [6, 6.07) is 9.17. The van der Waals surface area contributed by atoms with E-state index >= 15 is 0 Å². The van der Waals surface area contributed by atoms with Gasteiger partial charge in [-0.1, -0.05) is 12.1 Å². The van der Waals surface area contributed by atoms with E-state index in [2.05, 4.69) is 21.4 Å². The van der Waals surface area contributed by atoms with E-state index in [1.54, 1.807) is 23.5 Å². The van der Waals surface area contributed by atoms with Crippen molar-refractivity contribution >= 4 is 33.1 Å². The van der Waals surface area contributed by atoms with Gasteiger partial charge in [-0.15, -0.1) is 11.3 Å². The largest absolute Gasteiger partial charge is 0.506 e. The molecule has 3 rings (SSSR count). The minimum absolute atomic E-state index is 0.207. The van der Waals surface area contributed by atoms with Crippen LogP contribution in [0.15, 0.2) is 30.3 Å². The number of aromatic nitrogens is 2. The molecule has 2 heterocycles. The number of benzene rings is 1. The summed E-state index contributed by atoms with van der Waals surface area (Å²) >= 11 is 1.64. The first-order chi connectivity index (χ1) is 9.13. The van der Waals surface area contributed by atoms with Crippen molar-refractivity contribution in [3.63, 3.8) is 0 Å². The van der Waals surface area contributed by atoms with Gasteiger partial charge in [-0.2, -0.15) is 0 Å². The molecule has 4 nitrogen and oxygen atoms in total. The number of aromatic hydroxyl groups is 1. The number of nitrogens with zero attached hydrogens (tertiary/aromatic N) is 2. The van der Waals surface area contributed by atoms with E-state index in [0.717, 1.165) is 16.0 Å². The topological polar surface area (TPSA) is 58.0 Å². The van der Waals surface area contributed by atoms with Crippen LogP contribution in [0.2, 0.25) is 0 Å². The number of hydrogen-bond acceptors (Lipinski definition) is 5. The highest BCUT2D eigenvalue weighted by atomic mass is 32.1. The Morgan fingerprint density at radius 1 is 1.16 bits per heavy atom. The van der Waals surface area contributed by atoms with Crippen LogP contribution in [0.3, 0.4) is 0 Å². The number of thiophene rings is 1. The molecule has 1 aromatic carbocycles.